The van der Waals surface area contributed by atoms with Crippen LogP contribution in [0.2, 0.25) is 0 Å². The molecule has 1 heterocycles. The first-order valence-corrected chi connectivity index (χ1v) is 27.4. The number of nitrogens with one attached hydrogen (secondary N) is 1. The van der Waals surface area contributed by atoms with Crippen molar-refractivity contribution in [1.29, 1.82) is 0 Å². The smallest absolute Gasteiger partial charge is 0.394 e. The summed E-state index contributed by atoms with van der Waals surface area (Å²) in [5.74, 6) is -0.260. The number of unbranched alkanes of at least 4 members (excludes halogenated alkanes) is 33. The van der Waals surface area contributed by atoms with E-state index in [-0.39, 0.29) is 18.9 Å². The third kappa shape index (κ3) is 33.9. The lowest BCUT2D eigenvalue weighted by Gasteiger charge is -2.41. The normalized spacial score (nSPS) is 20.4. The van der Waals surface area contributed by atoms with Gasteiger partial charge in [-0.3, -0.25) is 9.35 Å². The summed E-state index contributed by atoms with van der Waals surface area (Å²) in [4.78, 5) is 13.0. The molecule has 1 fully saturated rings. The monoisotopic (exact) mass is 920 g/mol. The Balaban J connectivity index is 2.26. The number of carbonyl (C=O) groups excluding carboxylic acids is 1. The van der Waals surface area contributed by atoms with Crippen molar-refractivity contribution in [3.8, 4) is 0 Å². The zero-order valence-corrected chi connectivity index (χ0v) is 41.0. The second-order valence-electron chi connectivity index (χ2n) is 18.5. The van der Waals surface area contributed by atoms with Crippen molar-refractivity contribution in [3.05, 3.63) is 12.2 Å². The Bertz CT molecular complexity index is 1180. The van der Waals surface area contributed by atoms with E-state index in [2.05, 4.69) is 23.3 Å². The lowest BCUT2D eigenvalue weighted by atomic mass is 9.99. The highest BCUT2D eigenvalue weighted by atomic mass is 32.3. The van der Waals surface area contributed by atoms with E-state index >= 15 is 0 Å². The maximum Gasteiger partial charge on any atom is 0.397 e. The second kappa shape index (κ2) is 41.1. The Morgan fingerprint density at radius 2 is 1.00 bits per heavy atom. The number of rotatable bonds is 45. The molecule has 374 valence electrons. The lowest BCUT2D eigenvalue weighted by Crippen LogP contribution is -2.61. The molecular formula is C50H97NO11S. The lowest BCUT2D eigenvalue weighted by molar-refractivity contribution is -0.298. The molecule has 0 aromatic carbocycles. The standard InChI is InChI=1S/C50H97NO11S/c1-3-5-7-9-11-13-14-15-16-17-18-19-20-21-22-23-24-25-26-27-28-29-30-32-34-36-38-40-46(54)51-43(44(53)39-37-35-33-31-12-10-8-6-4-2)42-60-50-48(56)49(62-63(57,58)59)47(55)45(41-52)61-50/h37,39,43-45,47-50,52-53,55-56H,3-36,38,40-42H2,1-2H3,(H,51,54)(H,57,58,59)/b39-37+. The van der Waals surface area contributed by atoms with Gasteiger partial charge in [0.05, 0.1) is 25.4 Å². The Labute approximate surface area is 385 Å². The van der Waals surface area contributed by atoms with E-state index in [1.807, 2.05) is 6.08 Å². The number of allylic oxidation sites excluding steroid dienone is 1. The second-order valence-corrected chi connectivity index (χ2v) is 19.5. The van der Waals surface area contributed by atoms with Crippen LogP contribution >= 0.6 is 0 Å². The predicted octanol–water partition coefficient (Wildman–Crippen LogP) is 11.1. The van der Waals surface area contributed by atoms with Gasteiger partial charge < -0.3 is 35.2 Å². The highest BCUT2D eigenvalue weighted by Gasteiger charge is 2.48. The first-order valence-electron chi connectivity index (χ1n) is 26.1. The van der Waals surface area contributed by atoms with Crippen molar-refractivity contribution in [2.75, 3.05) is 13.2 Å². The number of ether oxygens (including phenoxy) is 2. The van der Waals surface area contributed by atoms with Crippen LogP contribution in [-0.2, 0) is 28.9 Å². The first kappa shape index (κ1) is 59.9. The van der Waals surface area contributed by atoms with Gasteiger partial charge in [-0.2, -0.15) is 8.42 Å². The maximum atomic E-state index is 13.0. The van der Waals surface area contributed by atoms with Crippen molar-refractivity contribution in [2.45, 2.75) is 288 Å². The average molecular weight is 920 g/mol. The summed E-state index contributed by atoms with van der Waals surface area (Å²) in [6, 6.07) is -0.937. The zero-order valence-electron chi connectivity index (χ0n) is 40.2. The van der Waals surface area contributed by atoms with Gasteiger partial charge in [-0.1, -0.05) is 231 Å². The molecule has 7 atom stereocenters. The van der Waals surface area contributed by atoms with E-state index < -0.39 is 59.9 Å². The molecule has 1 aliphatic heterocycles. The van der Waals surface area contributed by atoms with Crippen molar-refractivity contribution in [1.82, 2.24) is 5.32 Å². The van der Waals surface area contributed by atoms with Gasteiger partial charge in [0.15, 0.2) is 6.29 Å². The van der Waals surface area contributed by atoms with Crippen LogP contribution in [-0.4, -0.2) is 95.4 Å². The van der Waals surface area contributed by atoms with Crippen LogP contribution in [0, 0.1) is 0 Å². The summed E-state index contributed by atoms with van der Waals surface area (Å²) in [5, 5.41) is 44.6. The molecule has 1 amide bonds. The molecule has 1 aliphatic rings. The molecule has 0 spiro atoms. The quantitative estimate of drug-likeness (QED) is 0.0193. The molecule has 1 rings (SSSR count). The van der Waals surface area contributed by atoms with Gasteiger partial charge in [-0.25, -0.2) is 4.18 Å². The van der Waals surface area contributed by atoms with Crippen molar-refractivity contribution >= 4 is 16.3 Å². The van der Waals surface area contributed by atoms with Crippen LogP contribution in [0.3, 0.4) is 0 Å². The fraction of sp³-hybridized carbons (Fsp3) is 0.940. The predicted molar refractivity (Wildman–Crippen MR) is 255 cm³/mol. The molecule has 0 aromatic heterocycles. The van der Waals surface area contributed by atoms with Gasteiger partial charge in [0.25, 0.3) is 0 Å². The van der Waals surface area contributed by atoms with Crippen LogP contribution in [0.15, 0.2) is 12.2 Å². The molecule has 0 aromatic rings. The van der Waals surface area contributed by atoms with E-state index in [1.54, 1.807) is 6.08 Å². The SMILES string of the molecule is CCCCCCCCC/C=C/C(O)C(COC1OC(CO)C(O)C(OS(=O)(=O)O)C1O)NC(=O)CCCCCCCCCCCCCCCCCCCCCCCCCCCCC. The highest BCUT2D eigenvalue weighted by Crippen LogP contribution is 2.26. The van der Waals surface area contributed by atoms with Gasteiger partial charge in [-0.15, -0.1) is 0 Å². The molecule has 0 aliphatic carbocycles. The maximum absolute atomic E-state index is 13.0. The summed E-state index contributed by atoms with van der Waals surface area (Å²) in [6.45, 7) is 3.37. The minimum atomic E-state index is -5.08. The molecule has 1 saturated heterocycles. The summed E-state index contributed by atoms with van der Waals surface area (Å²) >= 11 is 0. The van der Waals surface area contributed by atoms with Crippen LogP contribution in [0.5, 0.6) is 0 Å². The van der Waals surface area contributed by atoms with Crippen LogP contribution in [0.4, 0.5) is 0 Å². The van der Waals surface area contributed by atoms with Gasteiger partial charge >= 0.3 is 10.4 Å². The summed E-state index contributed by atoms with van der Waals surface area (Å²) < 4.78 is 47.5. The minimum Gasteiger partial charge on any atom is -0.394 e. The molecule has 7 unspecified atom stereocenters. The highest BCUT2D eigenvalue weighted by molar-refractivity contribution is 7.80. The molecule has 0 radical (unpaired) electrons. The van der Waals surface area contributed by atoms with Gasteiger partial charge in [0, 0.05) is 6.42 Å². The first-order chi connectivity index (χ1) is 30.5. The Morgan fingerprint density at radius 1 is 0.619 bits per heavy atom. The van der Waals surface area contributed by atoms with E-state index in [4.69, 9.17) is 9.47 Å². The number of aliphatic hydroxyl groups excluding tert-OH is 4. The number of hydrogen-bond donors (Lipinski definition) is 6. The van der Waals surface area contributed by atoms with Crippen molar-refractivity contribution < 1.29 is 51.8 Å². The van der Waals surface area contributed by atoms with Gasteiger partial charge in [0.1, 0.15) is 24.4 Å². The van der Waals surface area contributed by atoms with Crippen LogP contribution < -0.4 is 5.32 Å². The fourth-order valence-corrected chi connectivity index (χ4v) is 9.02. The van der Waals surface area contributed by atoms with E-state index in [0.29, 0.717) is 6.42 Å². The molecule has 0 saturated carbocycles. The molecule has 12 nitrogen and oxygen atoms in total. The zero-order chi connectivity index (χ0) is 46.2. The third-order valence-electron chi connectivity index (χ3n) is 12.6. The number of aliphatic hydroxyl groups is 4. The van der Waals surface area contributed by atoms with Crippen molar-refractivity contribution in [2.24, 2.45) is 0 Å². The van der Waals surface area contributed by atoms with Gasteiger partial charge in [0.2, 0.25) is 5.91 Å². The van der Waals surface area contributed by atoms with Crippen LogP contribution in [0.1, 0.15) is 245 Å². The van der Waals surface area contributed by atoms with Crippen molar-refractivity contribution in [3.63, 3.8) is 0 Å². The Kier molecular flexibility index (Phi) is 39.0. The molecular weight excluding hydrogens is 823 g/mol. The third-order valence-corrected chi connectivity index (χ3v) is 13.0. The summed E-state index contributed by atoms with van der Waals surface area (Å²) in [6.07, 6.45) is 38.6. The number of amides is 1. The van der Waals surface area contributed by atoms with Crippen LogP contribution in [0.25, 0.3) is 0 Å². The van der Waals surface area contributed by atoms with E-state index in [0.717, 1.165) is 44.9 Å². The minimum absolute atomic E-state index is 0.260. The Hall–Kier alpha value is -1.16. The molecule has 0 bridgehead atoms. The molecule has 6 N–H and O–H groups in total. The Morgan fingerprint density at radius 3 is 1.38 bits per heavy atom. The van der Waals surface area contributed by atoms with Gasteiger partial charge in [-0.05, 0) is 19.3 Å². The average Bonchev–Trinajstić information content (AvgIpc) is 3.25. The topological polar surface area (TPSA) is 192 Å². The summed E-state index contributed by atoms with van der Waals surface area (Å²) in [5.41, 5.74) is 0. The number of carbonyl (C=O) groups is 1. The van der Waals surface area contributed by atoms with E-state index in [9.17, 15) is 38.2 Å². The van der Waals surface area contributed by atoms with E-state index in [1.165, 1.54) is 173 Å². The molecule has 13 heteroatoms. The number of hydrogen-bond acceptors (Lipinski definition) is 10. The molecule has 63 heavy (non-hydrogen) atoms. The summed E-state index contributed by atoms with van der Waals surface area (Å²) in [7, 11) is -5.08. The fourth-order valence-electron chi connectivity index (χ4n) is 8.52. The largest absolute Gasteiger partial charge is 0.397 e.